The first-order valence-corrected chi connectivity index (χ1v) is 7.20. The molecule has 0 N–H and O–H groups in total. The van der Waals surface area contributed by atoms with Crippen molar-refractivity contribution in [3.63, 3.8) is 0 Å². The number of halogens is 1. The van der Waals surface area contributed by atoms with E-state index in [0.717, 1.165) is 31.4 Å². The van der Waals surface area contributed by atoms with Gasteiger partial charge in [-0.05, 0) is 42.6 Å². The van der Waals surface area contributed by atoms with E-state index in [1.54, 1.807) is 12.3 Å². The van der Waals surface area contributed by atoms with Crippen LogP contribution in [0.3, 0.4) is 0 Å². The minimum atomic E-state index is -0.0907. The van der Waals surface area contributed by atoms with Gasteiger partial charge in [0.2, 0.25) is 5.22 Å². The molecule has 0 unspecified atom stereocenters. The van der Waals surface area contributed by atoms with Gasteiger partial charge in [0.05, 0.1) is 24.6 Å². The summed E-state index contributed by atoms with van der Waals surface area (Å²) in [6.45, 7) is 0.470. The summed E-state index contributed by atoms with van der Waals surface area (Å²) in [5.74, 6) is 0.692. The van der Waals surface area contributed by atoms with Gasteiger partial charge in [-0.1, -0.05) is 12.8 Å². The zero-order chi connectivity index (χ0) is 13.9. The SMILES string of the molecule is O=C(c1ccoc1Cl)N(Cc1ccco1)C1CCCC1. The number of furan rings is 2. The van der Waals surface area contributed by atoms with Crippen molar-refractivity contribution in [1.29, 1.82) is 0 Å². The van der Waals surface area contributed by atoms with E-state index in [4.69, 9.17) is 20.4 Å². The molecule has 0 spiro atoms. The molecule has 2 heterocycles. The van der Waals surface area contributed by atoms with Crippen molar-refractivity contribution in [2.45, 2.75) is 38.3 Å². The van der Waals surface area contributed by atoms with Gasteiger partial charge in [-0.15, -0.1) is 0 Å². The van der Waals surface area contributed by atoms with Crippen LogP contribution in [0.25, 0.3) is 0 Å². The molecule has 0 saturated heterocycles. The lowest BCUT2D eigenvalue weighted by Crippen LogP contribution is -2.38. The molecule has 4 nitrogen and oxygen atoms in total. The molecule has 0 aliphatic heterocycles. The number of carbonyl (C=O) groups is 1. The van der Waals surface area contributed by atoms with Crippen LogP contribution in [-0.2, 0) is 6.54 Å². The van der Waals surface area contributed by atoms with Gasteiger partial charge in [0.1, 0.15) is 5.76 Å². The second-order valence-electron chi connectivity index (χ2n) is 5.06. The maximum Gasteiger partial charge on any atom is 0.259 e. The Morgan fingerprint density at radius 1 is 1.25 bits per heavy atom. The first-order chi connectivity index (χ1) is 9.75. The van der Waals surface area contributed by atoms with Crippen molar-refractivity contribution < 1.29 is 13.6 Å². The van der Waals surface area contributed by atoms with Crippen LogP contribution in [0.2, 0.25) is 5.22 Å². The standard InChI is InChI=1S/C15H16ClNO3/c16-14-13(7-9-20-14)15(18)17(11-4-1-2-5-11)10-12-6-3-8-19-12/h3,6-9,11H,1-2,4-5,10H2. The van der Waals surface area contributed by atoms with Gasteiger partial charge < -0.3 is 13.7 Å². The zero-order valence-electron chi connectivity index (χ0n) is 11.0. The number of amides is 1. The van der Waals surface area contributed by atoms with Gasteiger partial charge in [0.15, 0.2) is 0 Å². The van der Waals surface area contributed by atoms with Crippen LogP contribution in [0.5, 0.6) is 0 Å². The quantitative estimate of drug-likeness (QED) is 0.852. The molecule has 1 amide bonds. The monoisotopic (exact) mass is 293 g/mol. The topological polar surface area (TPSA) is 46.6 Å². The number of hydrogen-bond acceptors (Lipinski definition) is 3. The van der Waals surface area contributed by atoms with Crippen LogP contribution in [-0.4, -0.2) is 16.8 Å². The predicted molar refractivity (Wildman–Crippen MR) is 74.6 cm³/mol. The van der Waals surface area contributed by atoms with Crippen LogP contribution in [0, 0.1) is 0 Å². The summed E-state index contributed by atoms with van der Waals surface area (Å²) in [7, 11) is 0. The smallest absolute Gasteiger partial charge is 0.259 e. The van der Waals surface area contributed by atoms with Gasteiger partial charge >= 0.3 is 0 Å². The third kappa shape index (κ3) is 2.61. The Hall–Kier alpha value is -1.68. The Labute approximate surface area is 122 Å². The predicted octanol–water partition coefficient (Wildman–Crippen LogP) is 4.11. The first-order valence-electron chi connectivity index (χ1n) is 6.82. The maximum absolute atomic E-state index is 12.7. The molecule has 1 aliphatic rings. The fourth-order valence-electron chi connectivity index (χ4n) is 2.75. The van der Waals surface area contributed by atoms with Gasteiger partial charge in [0.25, 0.3) is 5.91 Å². The molecule has 2 aromatic heterocycles. The average molecular weight is 294 g/mol. The molecule has 2 aromatic rings. The lowest BCUT2D eigenvalue weighted by molar-refractivity contribution is 0.0648. The molecule has 0 atom stereocenters. The van der Waals surface area contributed by atoms with Crippen LogP contribution in [0.4, 0.5) is 0 Å². The van der Waals surface area contributed by atoms with Crippen molar-refractivity contribution in [1.82, 2.24) is 4.90 Å². The van der Waals surface area contributed by atoms with E-state index >= 15 is 0 Å². The minimum absolute atomic E-state index is 0.0907. The van der Waals surface area contributed by atoms with E-state index < -0.39 is 0 Å². The molecule has 5 heteroatoms. The van der Waals surface area contributed by atoms with Crippen LogP contribution in [0.1, 0.15) is 41.8 Å². The third-order valence-electron chi connectivity index (χ3n) is 3.78. The fourth-order valence-corrected chi connectivity index (χ4v) is 2.95. The Morgan fingerprint density at radius 3 is 2.65 bits per heavy atom. The third-order valence-corrected chi connectivity index (χ3v) is 4.07. The summed E-state index contributed by atoms with van der Waals surface area (Å²) >= 11 is 5.93. The lowest BCUT2D eigenvalue weighted by atomic mass is 10.1. The fraction of sp³-hybridized carbons (Fsp3) is 0.400. The highest BCUT2D eigenvalue weighted by atomic mass is 35.5. The summed E-state index contributed by atoms with van der Waals surface area (Å²) in [6, 6.07) is 5.58. The molecular weight excluding hydrogens is 278 g/mol. The van der Waals surface area contributed by atoms with E-state index in [1.807, 2.05) is 17.0 Å². The molecule has 20 heavy (non-hydrogen) atoms. The highest BCUT2D eigenvalue weighted by Gasteiger charge is 2.30. The van der Waals surface area contributed by atoms with Crippen molar-refractivity contribution in [2.24, 2.45) is 0 Å². The highest BCUT2D eigenvalue weighted by Crippen LogP contribution is 2.28. The number of nitrogens with zero attached hydrogens (tertiary/aromatic N) is 1. The van der Waals surface area contributed by atoms with Gasteiger partial charge in [-0.2, -0.15) is 0 Å². The number of carbonyl (C=O) groups excluding carboxylic acids is 1. The summed E-state index contributed by atoms with van der Waals surface area (Å²) in [4.78, 5) is 14.5. The van der Waals surface area contributed by atoms with Gasteiger partial charge in [0, 0.05) is 6.04 Å². The van der Waals surface area contributed by atoms with Crippen molar-refractivity contribution in [2.75, 3.05) is 0 Å². The Morgan fingerprint density at radius 2 is 2.05 bits per heavy atom. The summed E-state index contributed by atoms with van der Waals surface area (Å²) in [5, 5.41) is 0.150. The highest BCUT2D eigenvalue weighted by molar-refractivity contribution is 6.32. The Bertz CT molecular complexity index is 570. The molecule has 1 fully saturated rings. The Balaban J connectivity index is 1.84. The molecule has 0 aromatic carbocycles. The van der Waals surface area contributed by atoms with E-state index in [-0.39, 0.29) is 17.2 Å². The number of hydrogen-bond donors (Lipinski definition) is 0. The van der Waals surface area contributed by atoms with E-state index in [2.05, 4.69) is 0 Å². The van der Waals surface area contributed by atoms with Crippen molar-refractivity contribution in [3.05, 3.63) is 47.3 Å². The van der Waals surface area contributed by atoms with Crippen molar-refractivity contribution >= 4 is 17.5 Å². The van der Waals surface area contributed by atoms with E-state index in [9.17, 15) is 4.79 Å². The summed E-state index contributed by atoms with van der Waals surface area (Å²) in [5.41, 5.74) is 0.421. The summed E-state index contributed by atoms with van der Waals surface area (Å²) < 4.78 is 10.4. The normalized spacial score (nSPS) is 15.7. The average Bonchev–Trinajstić information content (AvgIpc) is 3.17. The molecule has 0 radical (unpaired) electrons. The minimum Gasteiger partial charge on any atom is -0.467 e. The first kappa shape index (κ1) is 13.3. The molecule has 1 saturated carbocycles. The second kappa shape index (κ2) is 5.75. The van der Waals surface area contributed by atoms with E-state index in [0.29, 0.717) is 12.1 Å². The molecular formula is C15H16ClNO3. The zero-order valence-corrected chi connectivity index (χ0v) is 11.8. The molecule has 106 valence electrons. The number of rotatable bonds is 4. The Kier molecular flexibility index (Phi) is 3.83. The molecule has 0 bridgehead atoms. The second-order valence-corrected chi connectivity index (χ2v) is 5.40. The van der Waals surface area contributed by atoms with E-state index in [1.165, 1.54) is 6.26 Å². The molecule has 3 rings (SSSR count). The van der Waals surface area contributed by atoms with Gasteiger partial charge in [-0.25, -0.2) is 0 Å². The largest absolute Gasteiger partial charge is 0.467 e. The van der Waals surface area contributed by atoms with Gasteiger partial charge in [-0.3, -0.25) is 4.79 Å². The maximum atomic E-state index is 12.7. The lowest BCUT2D eigenvalue weighted by Gasteiger charge is -2.27. The molecule has 1 aliphatic carbocycles. The van der Waals surface area contributed by atoms with Crippen molar-refractivity contribution in [3.8, 4) is 0 Å². The van der Waals surface area contributed by atoms with Crippen LogP contribution < -0.4 is 0 Å². The van der Waals surface area contributed by atoms with Crippen LogP contribution in [0.15, 0.2) is 39.6 Å². The summed E-state index contributed by atoms with van der Waals surface area (Å²) in [6.07, 6.45) is 7.44. The van der Waals surface area contributed by atoms with Crippen LogP contribution >= 0.6 is 11.6 Å².